The van der Waals surface area contributed by atoms with Crippen LogP contribution in [0.2, 0.25) is 0 Å². The lowest BCUT2D eigenvalue weighted by Crippen LogP contribution is -2.56. The summed E-state index contributed by atoms with van der Waals surface area (Å²) in [5.74, 6) is -5.18. The number of rotatable bonds is 16. The van der Waals surface area contributed by atoms with E-state index < -0.39 is 66.1 Å². The van der Waals surface area contributed by atoms with Crippen molar-refractivity contribution in [1.29, 1.82) is 0 Å². The third-order valence-electron chi connectivity index (χ3n) is 4.38. The normalized spacial score (nSPS) is 14.3. The van der Waals surface area contributed by atoms with E-state index in [0.717, 1.165) is 0 Å². The van der Waals surface area contributed by atoms with Gasteiger partial charge in [-0.2, -0.15) is 0 Å². The molecule has 4 unspecified atom stereocenters. The molecule has 0 spiro atoms. The van der Waals surface area contributed by atoms with E-state index in [0.29, 0.717) is 19.4 Å². The van der Waals surface area contributed by atoms with Crippen molar-refractivity contribution >= 4 is 35.5 Å². The third kappa shape index (κ3) is 11.8. The smallest absolute Gasteiger partial charge is 0.326 e. The van der Waals surface area contributed by atoms with Crippen LogP contribution in [0.1, 0.15) is 45.4 Å². The van der Waals surface area contributed by atoms with E-state index in [2.05, 4.69) is 16.0 Å². The van der Waals surface area contributed by atoms with Crippen LogP contribution in [0.3, 0.4) is 0 Å². The summed E-state index contributed by atoms with van der Waals surface area (Å²) >= 11 is 0. The van der Waals surface area contributed by atoms with E-state index in [1.54, 1.807) is 0 Å². The molecule has 4 atom stereocenters. The zero-order valence-electron chi connectivity index (χ0n) is 18.0. The zero-order valence-corrected chi connectivity index (χ0v) is 18.0. The van der Waals surface area contributed by atoms with Crippen LogP contribution in [0.25, 0.3) is 0 Å². The zero-order chi connectivity index (χ0) is 24.8. The molecule has 0 saturated carbocycles. The average molecular weight is 460 g/mol. The monoisotopic (exact) mass is 459 g/mol. The summed E-state index contributed by atoms with van der Waals surface area (Å²) in [6.45, 7) is 1.69. The number of primary amides is 2. The molecule has 32 heavy (non-hydrogen) atoms. The highest BCUT2D eigenvalue weighted by Crippen LogP contribution is 2.05. The number of hydrogen-bond donors (Lipinski definition) is 8. The summed E-state index contributed by atoms with van der Waals surface area (Å²) in [4.78, 5) is 70.2. The Labute approximate surface area is 185 Å². The summed E-state index contributed by atoms with van der Waals surface area (Å²) in [7, 11) is 0. The van der Waals surface area contributed by atoms with Crippen molar-refractivity contribution in [2.45, 2.75) is 69.6 Å². The number of nitrogens with two attached hydrogens (primary N) is 4. The number of carbonyl (C=O) groups excluding carboxylic acids is 5. The van der Waals surface area contributed by atoms with Crippen LogP contribution in [0.4, 0.5) is 0 Å². The van der Waals surface area contributed by atoms with Gasteiger partial charge in [0, 0.05) is 6.42 Å². The molecule has 0 aromatic carbocycles. The highest BCUT2D eigenvalue weighted by atomic mass is 16.4. The van der Waals surface area contributed by atoms with E-state index in [9.17, 15) is 33.9 Å². The van der Waals surface area contributed by atoms with Gasteiger partial charge in [-0.25, -0.2) is 4.79 Å². The Hall–Kier alpha value is -3.26. The van der Waals surface area contributed by atoms with E-state index in [4.69, 9.17) is 22.9 Å². The number of carboxylic acid groups (broad SMARTS) is 1. The van der Waals surface area contributed by atoms with Crippen LogP contribution in [0.15, 0.2) is 0 Å². The first kappa shape index (κ1) is 28.7. The minimum Gasteiger partial charge on any atom is -0.480 e. The van der Waals surface area contributed by atoms with Crippen molar-refractivity contribution < 1.29 is 33.9 Å². The predicted octanol–water partition coefficient (Wildman–Crippen LogP) is -3.86. The first-order chi connectivity index (χ1) is 14.9. The van der Waals surface area contributed by atoms with Crippen molar-refractivity contribution in [3.05, 3.63) is 0 Å². The Balaban J connectivity index is 5.14. The molecule has 0 aliphatic heterocycles. The number of aliphatic carboxylic acids is 1. The molecule has 0 aliphatic rings. The largest absolute Gasteiger partial charge is 0.480 e. The van der Waals surface area contributed by atoms with E-state index >= 15 is 0 Å². The van der Waals surface area contributed by atoms with Crippen molar-refractivity contribution in [2.24, 2.45) is 22.9 Å². The number of amides is 5. The molecule has 0 fully saturated rings. The molecule has 14 nitrogen and oxygen atoms in total. The predicted molar refractivity (Wildman–Crippen MR) is 112 cm³/mol. The first-order valence-corrected chi connectivity index (χ1v) is 10.0. The van der Waals surface area contributed by atoms with Crippen LogP contribution >= 0.6 is 0 Å². The van der Waals surface area contributed by atoms with Crippen LogP contribution in [0, 0.1) is 0 Å². The fraction of sp³-hybridized carbons (Fsp3) is 0.667. The molecule has 0 aliphatic carbocycles. The van der Waals surface area contributed by atoms with Gasteiger partial charge in [0.1, 0.15) is 18.1 Å². The highest BCUT2D eigenvalue weighted by molar-refractivity contribution is 5.94. The van der Waals surface area contributed by atoms with Crippen molar-refractivity contribution in [3.8, 4) is 0 Å². The molecule has 0 radical (unpaired) electrons. The molecule has 0 bridgehead atoms. The number of nitrogens with one attached hydrogen (secondary N) is 3. The van der Waals surface area contributed by atoms with Gasteiger partial charge < -0.3 is 44.0 Å². The quantitative estimate of drug-likeness (QED) is 0.105. The second kappa shape index (κ2) is 14.7. The molecule has 14 heteroatoms. The lowest BCUT2D eigenvalue weighted by Gasteiger charge is -2.23. The van der Waals surface area contributed by atoms with Crippen molar-refractivity contribution in [2.75, 3.05) is 6.54 Å². The summed E-state index contributed by atoms with van der Waals surface area (Å²) in [6.07, 6.45) is 0.279. The summed E-state index contributed by atoms with van der Waals surface area (Å²) < 4.78 is 0. The Morgan fingerprint density at radius 3 is 1.91 bits per heavy atom. The van der Waals surface area contributed by atoms with Gasteiger partial charge in [0.25, 0.3) is 0 Å². The minimum atomic E-state index is -1.38. The molecule has 0 aromatic heterocycles. The van der Waals surface area contributed by atoms with E-state index in [1.807, 2.05) is 0 Å². The number of hydrogen-bond acceptors (Lipinski definition) is 8. The molecule has 0 aromatic rings. The number of carboxylic acids is 1. The van der Waals surface area contributed by atoms with Crippen molar-refractivity contribution in [3.63, 3.8) is 0 Å². The van der Waals surface area contributed by atoms with Crippen LogP contribution < -0.4 is 38.9 Å². The van der Waals surface area contributed by atoms with Gasteiger partial charge in [-0.3, -0.25) is 24.0 Å². The van der Waals surface area contributed by atoms with Crippen LogP contribution in [0.5, 0.6) is 0 Å². The fourth-order valence-corrected chi connectivity index (χ4v) is 2.57. The lowest BCUT2D eigenvalue weighted by atomic mass is 10.1. The Morgan fingerprint density at radius 2 is 1.41 bits per heavy atom. The van der Waals surface area contributed by atoms with Gasteiger partial charge in [0.05, 0.1) is 12.5 Å². The maximum Gasteiger partial charge on any atom is 0.326 e. The standard InChI is InChI=1S/C18H33N7O7/c1-9(23-16(29)10(20)8-14(22)27)15(28)24-11(4-2-3-7-19)17(30)25-12(18(31)32)5-6-13(21)26/h9-12H,2-8,19-20H2,1H3,(H2,21,26)(H2,22,27)(H,23,29)(H,24,28)(H,25,30)(H,31,32). The van der Waals surface area contributed by atoms with Gasteiger partial charge in [0.15, 0.2) is 0 Å². The second-order valence-electron chi connectivity index (χ2n) is 7.26. The van der Waals surface area contributed by atoms with Gasteiger partial charge in [0.2, 0.25) is 29.5 Å². The van der Waals surface area contributed by atoms with Gasteiger partial charge in [-0.05, 0) is 39.2 Å². The Bertz CT molecular complexity index is 701. The van der Waals surface area contributed by atoms with E-state index in [1.165, 1.54) is 6.92 Å². The average Bonchev–Trinajstić information content (AvgIpc) is 2.68. The lowest BCUT2D eigenvalue weighted by molar-refractivity contribution is -0.142. The molecule has 0 rings (SSSR count). The van der Waals surface area contributed by atoms with Gasteiger partial charge in [-0.1, -0.05) is 0 Å². The van der Waals surface area contributed by atoms with E-state index in [-0.39, 0.29) is 19.3 Å². The minimum absolute atomic E-state index is 0.152. The molecule has 12 N–H and O–H groups in total. The summed E-state index contributed by atoms with van der Waals surface area (Å²) in [5.41, 5.74) is 21.0. The highest BCUT2D eigenvalue weighted by Gasteiger charge is 2.28. The maximum atomic E-state index is 12.6. The van der Waals surface area contributed by atoms with Crippen molar-refractivity contribution in [1.82, 2.24) is 16.0 Å². The van der Waals surface area contributed by atoms with Crippen LogP contribution in [-0.4, -0.2) is 71.3 Å². The Morgan fingerprint density at radius 1 is 0.812 bits per heavy atom. The molecule has 182 valence electrons. The maximum absolute atomic E-state index is 12.6. The third-order valence-corrected chi connectivity index (χ3v) is 4.38. The Kier molecular flexibility index (Phi) is 13.2. The number of carbonyl (C=O) groups is 6. The molecule has 5 amide bonds. The molecule has 0 heterocycles. The first-order valence-electron chi connectivity index (χ1n) is 10.0. The van der Waals surface area contributed by atoms with Crippen LogP contribution in [-0.2, 0) is 28.8 Å². The van der Waals surface area contributed by atoms with Gasteiger partial charge in [-0.15, -0.1) is 0 Å². The second-order valence-corrected chi connectivity index (χ2v) is 7.26. The molecule has 0 saturated heterocycles. The summed E-state index contributed by atoms with van der Waals surface area (Å²) in [5, 5.41) is 16.3. The summed E-state index contributed by atoms with van der Waals surface area (Å²) in [6, 6.07) is -4.86. The molecular formula is C18H33N7O7. The van der Waals surface area contributed by atoms with Gasteiger partial charge >= 0.3 is 5.97 Å². The SMILES string of the molecule is CC(NC(=O)C(N)CC(N)=O)C(=O)NC(CCCCN)C(=O)NC(CCC(N)=O)C(=O)O. The number of unbranched alkanes of at least 4 members (excludes halogenated alkanes) is 1. The fourth-order valence-electron chi connectivity index (χ4n) is 2.57. The molecular weight excluding hydrogens is 426 g/mol. The topological polar surface area (TPSA) is 263 Å².